The summed E-state index contributed by atoms with van der Waals surface area (Å²) in [5, 5.41) is 9.09. The molecule has 1 aliphatic rings. The van der Waals surface area contributed by atoms with Gasteiger partial charge in [-0.3, -0.25) is 5.10 Å². The molecule has 108 valence electrons. The first kappa shape index (κ1) is 13.6. The molecule has 0 aliphatic carbocycles. The summed E-state index contributed by atoms with van der Waals surface area (Å²) in [6, 6.07) is 1.94. The summed E-state index contributed by atoms with van der Waals surface area (Å²) in [5.74, 6) is 0. The van der Waals surface area contributed by atoms with Crippen LogP contribution < -0.4 is 5.73 Å². The molecule has 1 aliphatic heterocycles. The molecule has 0 unspecified atom stereocenters. The fourth-order valence-corrected chi connectivity index (χ4v) is 4.34. The third-order valence-corrected chi connectivity index (χ3v) is 5.34. The Bertz CT molecular complexity index is 854. The fraction of sp³-hybridized carbons (Fsp3) is 0.214. The number of aromatic amines is 1. The molecule has 21 heavy (non-hydrogen) atoms. The number of rotatable bonds is 1. The number of nitrogens with zero attached hydrogens (tertiary/aromatic N) is 2. The second-order valence-corrected chi connectivity index (χ2v) is 6.90. The maximum atomic E-state index is 6.47. The van der Waals surface area contributed by atoms with Gasteiger partial charge in [0, 0.05) is 51.9 Å². The number of aromatic nitrogens is 3. The van der Waals surface area contributed by atoms with Crippen LogP contribution in [-0.4, -0.2) is 20.8 Å². The quantitative estimate of drug-likeness (QED) is 0.622. The smallest absolute Gasteiger partial charge is 0.0836 e. The third kappa shape index (κ3) is 1.88. The van der Waals surface area contributed by atoms with Gasteiger partial charge in [0.05, 0.1) is 21.8 Å². The number of hydrogen-bond acceptors (Lipinski definition) is 2. The van der Waals surface area contributed by atoms with Crippen molar-refractivity contribution in [1.82, 2.24) is 14.8 Å². The van der Waals surface area contributed by atoms with Crippen molar-refractivity contribution in [1.29, 1.82) is 0 Å². The van der Waals surface area contributed by atoms with Gasteiger partial charge in [-0.1, -0.05) is 39.1 Å². The first-order valence-electron chi connectivity index (χ1n) is 6.51. The molecular weight excluding hydrogens is 375 g/mol. The Balaban J connectivity index is 2.19. The number of hydrogen-bond donors (Lipinski definition) is 2. The highest BCUT2D eigenvalue weighted by Crippen LogP contribution is 2.46. The number of H-pyrrole nitrogens is 1. The highest BCUT2D eigenvalue weighted by Gasteiger charge is 2.29. The van der Waals surface area contributed by atoms with Crippen LogP contribution in [-0.2, 0) is 13.0 Å². The lowest BCUT2D eigenvalue weighted by atomic mass is 10.0. The van der Waals surface area contributed by atoms with Crippen LogP contribution in [0.4, 0.5) is 0 Å². The Morgan fingerprint density at radius 3 is 2.95 bits per heavy atom. The molecule has 1 aromatic carbocycles. The molecule has 3 heterocycles. The van der Waals surface area contributed by atoms with E-state index in [1.165, 1.54) is 5.69 Å². The summed E-state index contributed by atoms with van der Waals surface area (Å²) in [6.07, 6.45) is 4.51. The van der Waals surface area contributed by atoms with Crippen LogP contribution in [0.15, 0.2) is 22.9 Å². The van der Waals surface area contributed by atoms with E-state index in [1.807, 2.05) is 18.5 Å². The topological polar surface area (TPSA) is 59.6 Å². The number of nitrogens with one attached hydrogen (secondary N) is 1. The summed E-state index contributed by atoms with van der Waals surface area (Å²) in [5.41, 5.74) is 10.4. The number of benzene rings is 1. The lowest BCUT2D eigenvalue weighted by molar-refractivity contribution is 0.652. The molecule has 2 aromatic heterocycles. The molecule has 7 heteroatoms. The van der Waals surface area contributed by atoms with Crippen molar-refractivity contribution in [2.45, 2.75) is 19.0 Å². The second-order valence-electron chi connectivity index (χ2n) is 5.26. The molecule has 4 nitrogen and oxygen atoms in total. The van der Waals surface area contributed by atoms with Gasteiger partial charge in [0.2, 0.25) is 0 Å². The van der Waals surface area contributed by atoms with E-state index in [0.29, 0.717) is 10.0 Å². The average molecular weight is 386 g/mol. The minimum Gasteiger partial charge on any atom is -0.341 e. The number of fused-ring (bicyclic) bond motifs is 3. The highest BCUT2D eigenvalue weighted by atomic mass is 79.9. The number of halogens is 3. The second kappa shape index (κ2) is 4.74. The number of nitrogens with two attached hydrogens (primary N) is 1. The zero-order chi connectivity index (χ0) is 14.7. The molecule has 1 atom stereocenters. The first-order chi connectivity index (χ1) is 10.1. The van der Waals surface area contributed by atoms with Gasteiger partial charge in [-0.15, -0.1) is 0 Å². The van der Waals surface area contributed by atoms with E-state index in [4.69, 9.17) is 28.9 Å². The van der Waals surface area contributed by atoms with Crippen molar-refractivity contribution in [3.05, 3.63) is 38.7 Å². The first-order valence-corrected chi connectivity index (χ1v) is 8.06. The predicted molar refractivity (Wildman–Crippen MR) is 88.9 cm³/mol. The molecule has 0 spiro atoms. The van der Waals surface area contributed by atoms with Gasteiger partial charge in [-0.05, 0) is 6.07 Å². The molecule has 0 saturated carbocycles. The van der Waals surface area contributed by atoms with Crippen molar-refractivity contribution in [3.63, 3.8) is 0 Å². The van der Waals surface area contributed by atoms with Crippen molar-refractivity contribution in [2.75, 3.05) is 0 Å². The summed E-state index contributed by atoms with van der Waals surface area (Å²) in [6.45, 7) is 0.746. The van der Waals surface area contributed by atoms with Crippen LogP contribution in [0, 0.1) is 0 Å². The monoisotopic (exact) mass is 384 g/mol. The lowest BCUT2D eigenvalue weighted by Gasteiger charge is -2.08. The Morgan fingerprint density at radius 2 is 2.24 bits per heavy atom. The van der Waals surface area contributed by atoms with Gasteiger partial charge in [0.15, 0.2) is 0 Å². The predicted octanol–water partition coefficient (Wildman–Crippen LogP) is 3.98. The third-order valence-electron chi connectivity index (χ3n) is 3.94. The van der Waals surface area contributed by atoms with Gasteiger partial charge in [-0.25, -0.2) is 0 Å². The van der Waals surface area contributed by atoms with Crippen molar-refractivity contribution < 1.29 is 0 Å². The zero-order valence-corrected chi connectivity index (χ0v) is 13.9. The highest BCUT2D eigenvalue weighted by molar-refractivity contribution is 9.10. The maximum Gasteiger partial charge on any atom is 0.0836 e. The van der Waals surface area contributed by atoms with Crippen LogP contribution >= 0.6 is 39.1 Å². The maximum absolute atomic E-state index is 6.47. The Kier molecular flexibility index (Phi) is 3.08. The molecule has 0 fully saturated rings. The molecule has 3 aromatic rings. The minimum absolute atomic E-state index is 0.101. The molecule has 4 rings (SSSR count). The van der Waals surface area contributed by atoms with E-state index in [-0.39, 0.29) is 6.04 Å². The van der Waals surface area contributed by atoms with Gasteiger partial charge < -0.3 is 10.3 Å². The van der Waals surface area contributed by atoms with E-state index in [2.05, 4.69) is 30.7 Å². The molecule has 0 bridgehead atoms. The van der Waals surface area contributed by atoms with Gasteiger partial charge in [-0.2, -0.15) is 5.10 Å². The van der Waals surface area contributed by atoms with Crippen LogP contribution in [0.1, 0.15) is 5.69 Å². The normalized spacial score (nSPS) is 17.6. The van der Waals surface area contributed by atoms with Crippen molar-refractivity contribution >= 4 is 50.0 Å². The summed E-state index contributed by atoms with van der Waals surface area (Å²) in [7, 11) is 0. The average Bonchev–Trinajstić information content (AvgIpc) is 3.10. The van der Waals surface area contributed by atoms with Gasteiger partial charge in [0.1, 0.15) is 0 Å². The molecule has 0 saturated heterocycles. The van der Waals surface area contributed by atoms with E-state index in [1.54, 1.807) is 0 Å². The molecule has 3 N–H and O–H groups in total. The van der Waals surface area contributed by atoms with Crippen LogP contribution in [0.3, 0.4) is 0 Å². The summed E-state index contributed by atoms with van der Waals surface area (Å²) < 4.78 is 3.11. The van der Waals surface area contributed by atoms with Crippen LogP contribution in [0.2, 0.25) is 10.0 Å². The summed E-state index contributed by atoms with van der Waals surface area (Å²) >= 11 is 16.3. The lowest BCUT2D eigenvalue weighted by Crippen LogP contribution is -2.20. The molecule has 0 radical (unpaired) electrons. The van der Waals surface area contributed by atoms with E-state index >= 15 is 0 Å². The van der Waals surface area contributed by atoms with Crippen LogP contribution in [0.5, 0.6) is 0 Å². The van der Waals surface area contributed by atoms with Gasteiger partial charge in [0.25, 0.3) is 0 Å². The SMILES string of the molecule is N[C@H]1Cc2c(-c3cn[nH]c3)c3c(Br)cc(Cl)c(Cl)c3n2C1. The molecule has 0 amide bonds. The van der Waals surface area contributed by atoms with E-state index < -0.39 is 0 Å². The Hall–Kier alpha value is -1.01. The van der Waals surface area contributed by atoms with Crippen molar-refractivity contribution in [3.8, 4) is 11.1 Å². The minimum atomic E-state index is 0.101. The molecular formula is C14H11BrCl2N4. The van der Waals surface area contributed by atoms with E-state index in [0.717, 1.165) is 39.5 Å². The van der Waals surface area contributed by atoms with E-state index in [9.17, 15) is 0 Å². The summed E-state index contributed by atoms with van der Waals surface area (Å²) in [4.78, 5) is 0. The largest absolute Gasteiger partial charge is 0.341 e. The standard InChI is InChI=1S/C14H11BrCl2N4/c15-8-2-9(16)13(17)14-12(8)11(6-3-19-20-4-6)10-1-7(18)5-21(10)14/h2-4,7H,1,5,18H2,(H,19,20)/t7-/m0/s1. The fourth-order valence-electron chi connectivity index (χ4n) is 3.15. The van der Waals surface area contributed by atoms with Crippen LogP contribution in [0.25, 0.3) is 22.0 Å². The zero-order valence-electron chi connectivity index (χ0n) is 10.8. The Labute approximate surface area is 139 Å². The van der Waals surface area contributed by atoms with Gasteiger partial charge >= 0.3 is 0 Å². The Morgan fingerprint density at radius 1 is 1.43 bits per heavy atom. The van der Waals surface area contributed by atoms with Crippen molar-refractivity contribution in [2.24, 2.45) is 5.73 Å².